The molecule has 1 atom stereocenters. The van der Waals surface area contributed by atoms with Gasteiger partial charge in [-0.15, -0.1) is 0 Å². The number of furan rings is 1. The van der Waals surface area contributed by atoms with Crippen molar-refractivity contribution < 1.29 is 27.1 Å². The van der Waals surface area contributed by atoms with Gasteiger partial charge in [-0.05, 0) is 48.9 Å². The number of ether oxygens (including phenoxy) is 2. The van der Waals surface area contributed by atoms with Gasteiger partial charge in [-0.3, -0.25) is 4.79 Å². The molecule has 8 heteroatoms. The first kappa shape index (κ1) is 19.1. The van der Waals surface area contributed by atoms with Gasteiger partial charge in [0.15, 0.2) is 27.1 Å². The van der Waals surface area contributed by atoms with Crippen LogP contribution in [0, 0.1) is 0 Å². The minimum Gasteiger partial charge on any atom is -0.455 e. The second-order valence-electron chi connectivity index (χ2n) is 6.65. The summed E-state index contributed by atoms with van der Waals surface area (Å²) in [5, 5.41) is 2.83. The molecule has 1 unspecified atom stereocenters. The molecule has 2 aromatic carbocycles. The third kappa shape index (κ3) is 4.12. The maximum atomic E-state index is 12.5. The standard InChI is InChI=1S/C21H19NO6S/c1-14(15-7-9-18-20(11-15)27-13-26-18)22-21(23)19-10-8-16(28-19)12-29(24,25)17-5-3-2-4-6-17/h2-11,14H,12-13H2,1H3,(H,22,23). The molecule has 1 N–H and O–H groups in total. The van der Waals surface area contributed by atoms with Crippen LogP contribution in [0.3, 0.4) is 0 Å². The van der Waals surface area contributed by atoms with E-state index in [1.165, 1.54) is 24.3 Å². The molecule has 0 aliphatic carbocycles. The van der Waals surface area contributed by atoms with Gasteiger partial charge >= 0.3 is 0 Å². The van der Waals surface area contributed by atoms with Gasteiger partial charge in [-0.1, -0.05) is 24.3 Å². The van der Waals surface area contributed by atoms with Crippen LogP contribution in [-0.2, 0) is 15.6 Å². The monoisotopic (exact) mass is 413 g/mol. The van der Waals surface area contributed by atoms with Crippen LogP contribution in [0.25, 0.3) is 0 Å². The zero-order valence-electron chi connectivity index (χ0n) is 15.6. The Bertz CT molecular complexity index is 1140. The average molecular weight is 413 g/mol. The summed E-state index contributed by atoms with van der Waals surface area (Å²) in [6.45, 7) is 2.01. The van der Waals surface area contributed by atoms with Gasteiger partial charge < -0.3 is 19.2 Å². The lowest BCUT2D eigenvalue weighted by atomic mass is 10.1. The normalized spacial score (nSPS) is 13.8. The van der Waals surface area contributed by atoms with E-state index in [9.17, 15) is 13.2 Å². The van der Waals surface area contributed by atoms with Crippen LogP contribution in [0.4, 0.5) is 0 Å². The first-order valence-electron chi connectivity index (χ1n) is 8.99. The molecule has 0 saturated heterocycles. The van der Waals surface area contributed by atoms with Gasteiger partial charge in [-0.25, -0.2) is 8.42 Å². The van der Waals surface area contributed by atoms with E-state index in [1.54, 1.807) is 24.3 Å². The van der Waals surface area contributed by atoms with Crippen molar-refractivity contribution in [3.63, 3.8) is 0 Å². The molecule has 1 aliphatic rings. The van der Waals surface area contributed by atoms with Crippen LogP contribution < -0.4 is 14.8 Å². The van der Waals surface area contributed by atoms with Crippen molar-refractivity contribution in [1.29, 1.82) is 0 Å². The summed E-state index contributed by atoms with van der Waals surface area (Å²) in [5.41, 5.74) is 0.848. The molecule has 1 amide bonds. The average Bonchev–Trinajstić information content (AvgIpc) is 3.37. The summed E-state index contributed by atoms with van der Waals surface area (Å²) in [6.07, 6.45) is 0. The van der Waals surface area contributed by atoms with E-state index < -0.39 is 15.7 Å². The smallest absolute Gasteiger partial charge is 0.287 e. The van der Waals surface area contributed by atoms with Crippen LogP contribution in [0.5, 0.6) is 11.5 Å². The number of hydrogen-bond acceptors (Lipinski definition) is 6. The van der Waals surface area contributed by atoms with Crippen molar-refractivity contribution in [2.75, 3.05) is 6.79 Å². The molecule has 0 spiro atoms. The Labute approximate surface area is 168 Å². The third-order valence-electron chi connectivity index (χ3n) is 4.56. The molecule has 0 fully saturated rings. The Balaban J connectivity index is 1.43. The predicted octanol–water partition coefficient (Wildman–Crippen LogP) is 3.47. The number of nitrogens with one attached hydrogen (secondary N) is 1. The second-order valence-corrected chi connectivity index (χ2v) is 8.64. The lowest BCUT2D eigenvalue weighted by Crippen LogP contribution is -2.26. The fourth-order valence-corrected chi connectivity index (χ4v) is 4.28. The molecule has 0 radical (unpaired) electrons. The SMILES string of the molecule is CC(NC(=O)c1ccc(CS(=O)(=O)c2ccccc2)o1)c1ccc2c(c1)OCO2. The number of amides is 1. The molecule has 1 aliphatic heterocycles. The van der Waals surface area contributed by atoms with Crippen LogP contribution in [0.2, 0.25) is 0 Å². The van der Waals surface area contributed by atoms with Gasteiger partial charge in [0.05, 0.1) is 10.9 Å². The zero-order chi connectivity index (χ0) is 20.4. The number of carbonyl (C=O) groups excluding carboxylic acids is 1. The Kier molecular flexibility index (Phi) is 5.02. The van der Waals surface area contributed by atoms with E-state index in [0.29, 0.717) is 11.5 Å². The predicted molar refractivity (Wildman–Crippen MR) is 104 cm³/mol. The van der Waals surface area contributed by atoms with E-state index in [2.05, 4.69) is 5.32 Å². The minimum atomic E-state index is -3.55. The number of sulfone groups is 1. The zero-order valence-corrected chi connectivity index (χ0v) is 16.4. The maximum absolute atomic E-state index is 12.5. The molecule has 4 rings (SSSR count). The highest BCUT2D eigenvalue weighted by molar-refractivity contribution is 7.90. The van der Waals surface area contributed by atoms with E-state index in [0.717, 1.165) is 5.56 Å². The Morgan fingerprint density at radius 3 is 2.59 bits per heavy atom. The number of fused-ring (bicyclic) bond motifs is 1. The Morgan fingerprint density at radius 2 is 1.79 bits per heavy atom. The molecule has 2 heterocycles. The largest absolute Gasteiger partial charge is 0.455 e. The second kappa shape index (κ2) is 7.63. The van der Waals surface area contributed by atoms with Crippen molar-refractivity contribution in [3.8, 4) is 11.5 Å². The summed E-state index contributed by atoms with van der Waals surface area (Å²) in [5.74, 6) is 0.809. The summed E-state index contributed by atoms with van der Waals surface area (Å²) in [6, 6.07) is 16.2. The molecular weight excluding hydrogens is 394 g/mol. The van der Waals surface area contributed by atoms with E-state index in [1.807, 2.05) is 19.1 Å². The minimum absolute atomic E-state index is 0.0517. The van der Waals surface area contributed by atoms with Gasteiger partial charge in [0.25, 0.3) is 5.91 Å². The van der Waals surface area contributed by atoms with Gasteiger partial charge in [0.1, 0.15) is 11.5 Å². The Hall–Kier alpha value is -3.26. The summed E-state index contributed by atoms with van der Waals surface area (Å²) in [4.78, 5) is 12.7. The van der Waals surface area contributed by atoms with E-state index in [-0.39, 0.29) is 35.0 Å². The van der Waals surface area contributed by atoms with Crippen molar-refractivity contribution in [2.24, 2.45) is 0 Å². The maximum Gasteiger partial charge on any atom is 0.287 e. The lowest BCUT2D eigenvalue weighted by molar-refractivity contribution is 0.0910. The van der Waals surface area contributed by atoms with E-state index >= 15 is 0 Å². The molecule has 150 valence electrons. The molecule has 0 bridgehead atoms. The molecule has 29 heavy (non-hydrogen) atoms. The number of hydrogen-bond donors (Lipinski definition) is 1. The van der Waals surface area contributed by atoms with Crippen LogP contribution in [-0.4, -0.2) is 21.1 Å². The molecular formula is C21H19NO6S. The highest BCUT2D eigenvalue weighted by Gasteiger charge is 2.21. The van der Waals surface area contributed by atoms with Gasteiger partial charge in [-0.2, -0.15) is 0 Å². The van der Waals surface area contributed by atoms with Crippen molar-refractivity contribution >= 4 is 15.7 Å². The van der Waals surface area contributed by atoms with Crippen molar-refractivity contribution in [2.45, 2.75) is 23.6 Å². The number of benzene rings is 2. The molecule has 3 aromatic rings. The van der Waals surface area contributed by atoms with Crippen LogP contribution in [0.1, 0.15) is 34.8 Å². The topological polar surface area (TPSA) is 94.8 Å². The molecule has 1 aromatic heterocycles. The van der Waals surface area contributed by atoms with Gasteiger partial charge in [0.2, 0.25) is 6.79 Å². The quantitative estimate of drug-likeness (QED) is 0.665. The fourth-order valence-electron chi connectivity index (χ4n) is 3.01. The van der Waals surface area contributed by atoms with E-state index in [4.69, 9.17) is 13.9 Å². The fraction of sp³-hybridized carbons (Fsp3) is 0.190. The van der Waals surface area contributed by atoms with Gasteiger partial charge in [0, 0.05) is 0 Å². The Morgan fingerprint density at radius 1 is 1.03 bits per heavy atom. The summed E-state index contributed by atoms with van der Waals surface area (Å²) >= 11 is 0. The van der Waals surface area contributed by atoms with Crippen molar-refractivity contribution in [3.05, 3.63) is 77.7 Å². The first-order chi connectivity index (χ1) is 13.9. The number of rotatable bonds is 6. The van der Waals surface area contributed by atoms with Crippen molar-refractivity contribution in [1.82, 2.24) is 5.32 Å². The highest BCUT2D eigenvalue weighted by Crippen LogP contribution is 2.34. The van der Waals surface area contributed by atoms with Crippen LogP contribution >= 0.6 is 0 Å². The molecule has 0 saturated carbocycles. The third-order valence-corrected chi connectivity index (χ3v) is 6.22. The summed E-state index contributed by atoms with van der Waals surface area (Å²) in [7, 11) is -3.55. The first-order valence-corrected chi connectivity index (χ1v) is 10.6. The highest BCUT2D eigenvalue weighted by atomic mass is 32.2. The number of carbonyl (C=O) groups is 1. The summed E-state index contributed by atoms with van der Waals surface area (Å²) < 4.78 is 41.0. The molecule has 7 nitrogen and oxygen atoms in total. The lowest BCUT2D eigenvalue weighted by Gasteiger charge is -2.14. The van der Waals surface area contributed by atoms with Crippen LogP contribution in [0.15, 0.2) is 70.0 Å².